The van der Waals surface area contributed by atoms with E-state index in [0.717, 1.165) is 31.9 Å². The van der Waals surface area contributed by atoms with Crippen molar-refractivity contribution < 1.29 is 23.2 Å². The maximum atomic E-state index is 12.8. The predicted octanol–water partition coefficient (Wildman–Crippen LogP) is 3.15. The maximum Gasteiger partial charge on any atom is 0.280 e. The average molecular weight is 451 g/mol. The van der Waals surface area contributed by atoms with Gasteiger partial charge in [-0.05, 0) is 30.9 Å². The molecule has 0 saturated heterocycles. The first-order chi connectivity index (χ1) is 14.8. The van der Waals surface area contributed by atoms with Gasteiger partial charge in [0.15, 0.2) is 5.01 Å². The van der Waals surface area contributed by atoms with Crippen LogP contribution in [0, 0.1) is 5.92 Å². The van der Waals surface area contributed by atoms with Crippen molar-refractivity contribution in [1.29, 1.82) is 0 Å². The van der Waals surface area contributed by atoms with Crippen LogP contribution in [0.2, 0.25) is 0 Å². The molecular weight excluding hydrogens is 428 g/mol. The summed E-state index contributed by atoms with van der Waals surface area (Å²) in [5.74, 6) is -0.743. The van der Waals surface area contributed by atoms with Gasteiger partial charge in [-0.25, -0.2) is 18.7 Å². The van der Waals surface area contributed by atoms with Crippen LogP contribution in [0.15, 0.2) is 24.5 Å². The van der Waals surface area contributed by atoms with E-state index >= 15 is 0 Å². The second-order valence-corrected chi connectivity index (χ2v) is 8.38. The number of rotatable bonds is 8. The number of carbonyl (C=O) groups excluding carboxylic acids is 3. The van der Waals surface area contributed by atoms with E-state index in [9.17, 15) is 23.2 Å². The summed E-state index contributed by atoms with van der Waals surface area (Å²) in [5, 5.41) is 8.15. The van der Waals surface area contributed by atoms with Gasteiger partial charge in [0.1, 0.15) is 5.82 Å². The first-order valence-corrected chi connectivity index (χ1v) is 10.7. The van der Waals surface area contributed by atoms with Crippen molar-refractivity contribution in [3.05, 3.63) is 40.0 Å². The fourth-order valence-corrected chi connectivity index (χ4v) is 4.23. The summed E-state index contributed by atoms with van der Waals surface area (Å²) in [5.41, 5.74) is 0.328. The Morgan fingerprint density at radius 1 is 1.19 bits per heavy atom. The van der Waals surface area contributed by atoms with Gasteiger partial charge in [0.25, 0.3) is 18.2 Å². The van der Waals surface area contributed by atoms with Gasteiger partial charge in [-0.1, -0.05) is 12.8 Å². The lowest BCUT2D eigenvalue weighted by atomic mass is 9.97. The molecular formula is C20H23F2N5O3S. The van der Waals surface area contributed by atoms with Gasteiger partial charge in [0, 0.05) is 37.5 Å². The number of anilines is 1. The van der Waals surface area contributed by atoms with Crippen molar-refractivity contribution in [2.24, 2.45) is 5.92 Å². The minimum absolute atomic E-state index is 0.0409. The van der Waals surface area contributed by atoms with E-state index in [4.69, 9.17) is 0 Å². The Balaban J connectivity index is 1.65. The van der Waals surface area contributed by atoms with Gasteiger partial charge < -0.3 is 16.0 Å². The lowest BCUT2D eigenvalue weighted by Gasteiger charge is -2.25. The van der Waals surface area contributed by atoms with Crippen molar-refractivity contribution in [3.63, 3.8) is 0 Å². The molecule has 3 amide bonds. The Bertz CT molecular complexity index is 946. The molecule has 1 aliphatic carbocycles. The Hall–Kier alpha value is -2.95. The van der Waals surface area contributed by atoms with Crippen molar-refractivity contribution in [2.45, 2.75) is 45.1 Å². The number of halogens is 2. The van der Waals surface area contributed by atoms with Gasteiger partial charge in [-0.15, -0.1) is 11.3 Å². The van der Waals surface area contributed by atoms with Gasteiger partial charge in [-0.2, -0.15) is 0 Å². The number of nitrogens with zero attached hydrogens (tertiary/aromatic N) is 2. The smallest absolute Gasteiger partial charge is 0.280 e. The van der Waals surface area contributed by atoms with Crippen LogP contribution in [0.5, 0.6) is 0 Å². The number of hydrogen-bond donors (Lipinski definition) is 3. The third-order valence-electron chi connectivity index (χ3n) is 5.03. The van der Waals surface area contributed by atoms with Crippen molar-refractivity contribution in [1.82, 2.24) is 20.6 Å². The normalized spacial score (nSPS) is 15.0. The van der Waals surface area contributed by atoms with Crippen LogP contribution >= 0.6 is 11.3 Å². The third kappa shape index (κ3) is 6.27. The highest BCUT2D eigenvalue weighted by atomic mass is 32.1. The van der Waals surface area contributed by atoms with E-state index < -0.39 is 12.3 Å². The summed E-state index contributed by atoms with van der Waals surface area (Å²) in [6.07, 6.45) is 3.66. The van der Waals surface area contributed by atoms with Crippen molar-refractivity contribution >= 4 is 34.9 Å². The van der Waals surface area contributed by atoms with Crippen LogP contribution in [0.25, 0.3) is 0 Å². The van der Waals surface area contributed by atoms with E-state index in [1.807, 2.05) is 0 Å². The van der Waals surface area contributed by atoms with E-state index in [0.29, 0.717) is 16.9 Å². The Kier molecular flexibility index (Phi) is 7.61. The van der Waals surface area contributed by atoms with Gasteiger partial charge >= 0.3 is 0 Å². The van der Waals surface area contributed by atoms with Crippen LogP contribution in [-0.4, -0.2) is 40.3 Å². The lowest BCUT2D eigenvalue weighted by molar-refractivity contribution is -0.114. The van der Waals surface area contributed by atoms with Gasteiger partial charge in [0.05, 0.1) is 4.88 Å². The Morgan fingerprint density at radius 2 is 1.94 bits per heavy atom. The molecule has 0 radical (unpaired) electrons. The van der Waals surface area contributed by atoms with Gasteiger partial charge in [-0.3, -0.25) is 14.4 Å². The molecule has 31 heavy (non-hydrogen) atoms. The molecule has 2 heterocycles. The highest BCUT2D eigenvalue weighted by molar-refractivity contribution is 7.13. The number of alkyl halides is 2. The second kappa shape index (κ2) is 10.4. The Labute approximate surface area is 181 Å². The number of thiazole rings is 1. The molecule has 1 unspecified atom stereocenters. The monoisotopic (exact) mass is 451 g/mol. The molecule has 3 N–H and O–H groups in total. The number of hydrogen-bond acceptors (Lipinski definition) is 6. The molecule has 11 heteroatoms. The standard InChI is InChI=1S/C20H23F2N5O3S/c1-11(28)26-16-8-13(6-7-23-16)18(29)27-14(12-4-2-3-5-12)9-24-19(30)20-25-10-15(31-20)17(21)22/h6-8,10,12,14,17H,2-5,9H2,1H3,(H,24,30)(H,27,29)(H,23,26,28). The van der Waals surface area contributed by atoms with Crippen molar-refractivity contribution in [2.75, 3.05) is 11.9 Å². The molecule has 2 aromatic heterocycles. The molecule has 2 aromatic rings. The number of aromatic nitrogens is 2. The number of amides is 3. The minimum atomic E-state index is -2.67. The molecule has 1 saturated carbocycles. The largest absolute Gasteiger partial charge is 0.348 e. The van der Waals surface area contributed by atoms with E-state index in [2.05, 4.69) is 25.9 Å². The molecule has 0 spiro atoms. The quantitative estimate of drug-likeness (QED) is 0.571. The van der Waals surface area contributed by atoms with Crippen LogP contribution in [0.3, 0.4) is 0 Å². The SMILES string of the molecule is CC(=O)Nc1cc(C(=O)NC(CNC(=O)c2ncc(C(F)F)s2)C2CCCC2)ccn1. The first-order valence-electron chi connectivity index (χ1n) is 9.90. The summed E-state index contributed by atoms with van der Waals surface area (Å²) in [4.78, 5) is 43.8. The zero-order valence-corrected chi connectivity index (χ0v) is 17.7. The summed E-state index contributed by atoms with van der Waals surface area (Å²) in [6.45, 7) is 1.50. The van der Waals surface area contributed by atoms with E-state index in [-0.39, 0.29) is 46.0 Å². The summed E-state index contributed by atoms with van der Waals surface area (Å²) < 4.78 is 25.5. The summed E-state index contributed by atoms with van der Waals surface area (Å²) >= 11 is 0.648. The zero-order valence-electron chi connectivity index (χ0n) is 16.9. The molecule has 0 bridgehead atoms. The highest BCUT2D eigenvalue weighted by Gasteiger charge is 2.28. The average Bonchev–Trinajstić information content (AvgIpc) is 3.42. The topological polar surface area (TPSA) is 113 Å². The third-order valence-corrected chi connectivity index (χ3v) is 6.03. The van der Waals surface area contributed by atoms with Crippen LogP contribution < -0.4 is 16.0 Å². The predicted molar refractivity (Wildman–Crippen MR) is 111 cm³/mol. The zero-order chi connectivity index (χ0) is 22.4. The van der Waals surface area contributed by atoms with E-state index in [1.54, 1.807) is 0 Å². The molecule has 0 aliphatic heterocycles. The van der Waals surface area contributed by atoms with Crippen LogP contribution in [0.1, 0.15) is 64.1 Å². The molecule has 1 atom stereocenters. The summed E-state index contributed by atoms with van der Waals surface area (Å²) in [6, 6.07) is 2.68. The molecule has 166 valence electrons. The minimum Gasteiger partial charge on any atom is -0.348 e. The fourth-order valence-electron chi connectivity index (χ4n) is 3.54. The number of nitrogens with one attached hydrogen (secondary N) is 3. The molecule has 8 nitrogen and oxygen atoms in total. The summed E-state index contributed by atoms with van der Waals surface area (Å²) in [7, 11) is 0. The fraction of sp³-hybridized carbons (Fsp3) is 0.450. The van der Waals surface area contributed by atoms with Crippen LogP contribution in [0.4, 0.5) is 14.6 Å². The first kappa shape index (κ1) is 22.7. The molecule has 3 rings (SSSR count). The molecule has 1 aliphatic rings. The number of pyridine rings is 1. The van der Waals surface area contributed by atoms with Crippen LogP contribution in [-0.2, 0) is 4.79 Å². The molecule has 1 fully saturated rings. The Morgan fingerprint density at radius 3 is 2.58 bits per heavy atom. The second-order valence-electron chi connectivity index (χ2n) is 7.31. The van der Waals surface area contributed by atoms with Gasteiger partial charge in [0.2, 0.25) is 5.91 Å². The lowest BCUT2D eigenvalue weighted by Crippen LogP contribution is -2.47. The molecule has 0 aromatic carbocycles. The highest BCUT2D eigenvalue weighted by Crippen LogP contribution is 2.28. The number of carbonyl (C=O) groups is 3. The van der Waals surface area contributed by atoms with Crippen molar-refractivity contribution in [3.8, 4) is 0 Å². The maximum absolute atomic E-state index is 12.8. The van der Waals surface area contributed by atoms with E-state index in [1.165, 1.54) is 25.3 Å².